The van der Waals surface area contributed by atoms with Crippen LogP contribution in [0.2, 0.25) is 0 Å². The topological polar surface area (TPSA) is 104 Å². The smallest absolute Gasteiger partial charge is 0.243 e. The average molecular weight is 414 g/mol. The van der Waals surface area contributed by atoms with Crippen molar-refractivity contribution in [2.24, 2.45) is 0 Å². The summed E-state index contributed by atoms with van der Waals surface area (Å²) in [5.74, 6) is 0.733. The molecule has 1 aliphatic rings. The van der Waals surface area contributed by atoms with Crippen LogP contribution in [-0.4, -0.2) is 42.3 Å². The number of nitrogens with zero attached hydrogens (tertiary/aromatic N) is 2. The predicted octanol–water partition coefficient (Wildman–Crippen LogP) is 3.06. The Morgan fingerprint density at radius 2 is 2.07 bits per heavy atom. The van der Waals surface area contributed by atoms with Gasteiger partial charge >= 0.3 is 0 Å². The first kappa shape index (κ1) is 19.4. The van der Waals surface area contributed by atoms with Crippen LogP contribution in [0.4, 0.5) is 5.69 Å². The lowest BCUT2D eigenvalue weighted by atomic mass is 10.2. The van der Waals surface area contributed by atoms with Crippen LogP contribution >= 0.6 is 0 Å². The standard InChI is InChI=1S/C20H22N4O4S/c1-13(25)21-17-12-14(9-10-19(17)28-2)29(26,27)24-11-5-8-18(24)20-22-15-6-3-4-7-16(15)23-20/h3-4,6-7,9-10,12,18H,5,8,11H2,1-2H3,(H,21,25)(H,22,23)/t18-/m1/s1. The molecule has 0 spiro atoms. The first-order valence-electron chi connectivity index (χ1n) is 9.32. The molecule has 152 valence electrons. The Bertz CT molecular complexity index is 1140. The molecule has 1 fully saturated rings. The molecule has 2 heterocycles. The molecule has 9 heteroatoms. The lowest BCUT2D eigenvalue weighted by Gasteiger charge is -2.23. The minimum absolute atomic E-state index is 0.102. The van der Waals surface area contributed by atoms with Crippen molar-refractivity contribution >= 4 is 32.7 Å². The number of aromatic amines is 1. The number of nitrogens with one attached hydrogen (secondary N) is 2. The molecule has 1 atom stereocenters. The predicted molar refractivity (Wildman–Crippen MR) is 109 cm³/mol. The molecule has 8 nitrogen and oxygen atoms in total. The summed E-state index contributed by atoms with van der Waals surface area (Å²) in [6.45, 7) is 1.77. The van der Waals surface area contributed by atoms with E-state index >= 15 is 0 Å². The van der Waals surface area contributed by atoms with Gasteiger partial charge in [-0.3, -0.25) is 4.79 Å². The van der Waals surface area contributed by atoms with Gasteiger partial charge in [-0.15, -0.1) is 0 Å². The van der Waals surface area contributed by atoms with Gasteiger partial charge in [-0.25, -0.2) is 13.4 Å². The van der Waals surface area contributed by atoms with Gasteiger partial charge in [0, 0.05) is 13.5 Å². The quantitative estimate of drug-likeness (QED) is 0.668. The third-order valence-corrected chi connectivity index (χ3v) is 6.92. The minimum atomic E-state index is -3.79. The van der Waals surface area contributed by atoms with Crippen LogP contribution in [0.25, 0.3) is 11.0 Å². The normalized spacial score (nSPS) is 17.5. The molecule has 3 aromatic rings. The van der Waals surface area contributed by atoms with Crippen molar-refractivity contribution in [2.75, 3.05) is 19.0 Å². The SMILES string of the molecule is COc1ccc(S(=O)(=O)N2CCC[C@@H]2c2nc3ccccc3[nH]2)cc1NC(C)=O. The molecule has 1 saturated heterocycles. The van der Waals surface area contributed by atoms with Crippen molar-refractivity contribution in [3.05, 3.63) is 48.3 Å². The zero-order valence-corrected chi connectivity index (χ0v) is 17.0. The van der Waals surface area contributed by atoms with Crippen LogP contribution in [0.1, 0.15) is 31.6 Å². The number of anilines is 1. The van der Waals surface area contributed by atoms with Gasteiger partial charge in [0.15, 0.2) is 0 Å². The Hall–Kier alpha value is -2.91. The largest absolute Gasteiger partial charge is 0.495 e. The molecular formula is C20H22N4O4S. The highest BCUT2D eigenvalue weighted by molar-refractivity contribution is 7.89. The van der Waals surface area contributed by atoms with E-state index in [1.54, 1.807) is 6.07 Å². The van der Waals surface area contributed by atoms with Crippen molar-refractivity contribution < 1.29 is 17.9 Å². The number of sulfonamides is 1. The highest BCUT2D eigenvalue weighted by Gasteiger charge is 2.38. The van der Waals surface area contributed by atoms with Gasteiger partial charge in [-0.2, -0.15) is 4.31 Å². The first-order valence-corrected chi connectivity index (χ1v) is 10.8. The fraction of sp³-hybridized carbons (Fsp3) is 0.300. The number of fused-ring (bicyclic) bond motifs is 1. The molecule has 29 heavy (non-hydrogen) atoms. The summed E-state index contributed by atoms with van der Waals surface area (Å²) < 4.78 is 33.5. The van der Waals surface area contributed by atoms with Gasteiger partial charge in [0.05, 0.1) is 34.8 Å². The molecule has 0 radical (unpaired) electrons. The maximum absolute atomic E-state index is 13.4. The van der Waals surface area contributed by atoms with E-state index in [2.05, 4.69) is 15.3 Å². The van der Waals surface area contributed by atoms with E-state index in [1.807, 2.05) is 24.3 Å². The van der Waals surface area contributed by atoms with E-state index < -0.39 is 10.0 Å². The summed E-state index contributed by atoms with van der Waals surface area (Å²) in [6.07, 6.45) is 1.43. The van der Waals surface area contributed by atoms with Crippen LogP contribution in [0.5, 0.6) is 5.75 Å². The number of carbonyl (C=O) groups is 1. The fourth-order valence-electron chi connectivity index (χ4n) is 3.70. The van der Waals surface area contributed by atoms with Crippen molar-refractivity contribution in [2.45, 2.75) is 30.7 Å². The highest BCUT2D eigenvalue weighted by atomic mass is 32.2. The molecule has 1 aromatic heterocycles. The number of imidazole rings is 1. The summed E-state index contributed by atoms with van der Waals surface area (Å²) in [4.78, 5) is 19.4. The number of aromatic nitrogens is 2. The van der Waals surface area contributed by atoms with Crippen molar-refractivity contribution in [3.8, 4) is 5.75 Å². The number of rotatable bonds is 5. The number of para-hydroxylation sites is 2. The van der Waals surface area contributed by atoms with Gasteiger partial charge < -0.3 is 15.0 Å². The van der Waals surface area contributed by atoms with Crippen LogP contribution in [0.3, 0.4) is 0 Å². The fourth-order valence-corrected chi connectivity index (χ4v) is 5.39. The Labute approximate surface area is 168 Å². The molecule has 2 aromatic carbocycles. The summed E-state index contributed by atoms with van der Waals surface area (Å²) in [5.41, 5.74) is 2.01. The van der Waals surface area contributed by atoms with E-state index in [9.17, 15) is 13.2 Å². The van der Waals surface area contributed by atoms with Gasteiger partial charge in [-0.1, -0.05) is 12.1 Å². The number of H-pyrrole nitrogens is 1. The van der Waals surface area contributed by atoms with Crippen LogP contribution < -0.4 is 10.1 Å². The number of ether oxygens (including phenoxy) is 1. The number of methoxy groups -OCH3 is 1. The molecule has 0 unspecified atom stereocenters. The molecule has 0 bridgehead atoms. The highest BCUT2D eigenvalue weighted by Crippen LogP contribution is 2.37. The summed E-state index contributed by atoms with van der Waals surface area (Å²) in [5, 5.41) is 2.62. The molecule has 4 rings (SSSR count). The first-order chi connectivity index (χ1) is 13.9. The van der Waals surface area contributed by atoms with E-state index in [0.29, 0.717) is 30.2 Å². The van der Waals surface area contributed by atoms with Crippen LogP contribution in [-0.2, 0) is 14.8 Å². The van der Waals surface area contributed by atoms with E-state index in [-0.39, 0.29) is 16.8 Å². The Morgan fingerprint density at radius 1 is 1.28 bits per heavy atom. The lowest BCUT2D eigenvalue weighted by Crippen LogP contribution is -2.31. The zero-order valence-electron chi connectivity index (χ0n) is 16.2. The molecule has 1 amide bonds. The summed E-state index contributed by atoms with van der Waals surface area (Å²) in [6, 6.07) is 11.7. The van der Waals surface area contributed by atoms with E-state index in [4.69, 9.17) is 4.74 Å². The maximum Gasteiger partial charge on any atom is 0.243 e. The number of benzene rings is 2. The van der Waals surface area contributed by atoms with Crippen molar-refractivity contribution in [1.29, 1.82) is 0 Å². The second-order valence-corrected chi connectivity index (χ2v) is 8.85. The average Bonchev–Trinajstić information content (AvgIpc) is 3.34. The van der Waals surface area contributed by atoms with Crippen LogP contribution in [0.15, 0.2) is 47.4 Å². The monoisotopic (exact) mass is 414 g/mol. The second-order valence-electron chi connectivity index (χ2n) is 6.96. The third-order valence-electron chi connectivity index (χ3n) is 5.02. The molecule has 0 saturated carbocycles. The van der Waals surface area contributed by atoms with E-state index in [1.165, 1.54) is 30.5 Å². The van der Waals surface area contributed by atoms with Gasteiger partial charge in [0.1, 0.15) is 11.6 Å². The third kappa shape index (κ3) is 3.58. The van der Waals surface area contributed by atoms with Crippen molar-refractivity contribution in [3.63, 3.8) is 0 Å². The van der Waals surface area contributed by atoms with Crippen LogP contribution in [0, 0.1) is 0 Å². The second kappa shape index (κ2) is 7.49. The molecular weight excluding hydrogens is 392 g/mol. The number of carbonyl (C=O) groups excluding carboxylic acids is 1. The Morgan fingerprint density at radius 3 is 2.79 bits per heavy atom. The van der Waals surface area contributed by atoms with Crippen molar-refractivity contribution in [1.82, 2.24) is 14.3 Å². The van der Waals surface area contributed by atoms with Gasteiger partial charge in [0.2, 0.25) is 15.9 Å². The zero-order chi connectivity index (χ0) is 20.6. The number of hydrogen-bond donors (Lipinski definition) is 2. The number of hydrogen-bond acceptors (Lipinski definition) is 5. The number of amides is 1. The summed E-state index contributed by atoms with van der Waals surface area (Å²) in [7, 11) is -2.33. The maximum atomic E-state index is 13.4. The van der Waals surface area contributed by atoms with Gasteiger partial charge in [0.25, 0.3) is 0 Å². The molecule has 2 N–H and O–H groups in total. The lowest BCUT2D eigenvalue weighted by molar-refractivity contribution is -0.114. The molecule has 1 aliphatic heterocycles. The Kier molecular flexibility index (Phi) is 5.01. The van der Waals surface area contributed by atoms with E-state index in [0.717, 1.165) is 17.5 Å². The Balaban J connectivity index is 1.71. The summed E-state index contributed by atoms with van der Waals surface area (Å²) >= 11 is 0. The molecule has 0 aliphatic carbocycles. The van der Waals surface area contributed by atoms with Gasteiger partial charge in [-0.05, 0) is 43.2 Å². The minimum Gasteiger partial charge on any atom is -0.495 e.